The van der Waals surface area contributed by atoms with Gasteiger partial charge in [-0.2, -0.15) is 0 Å². The topological polar surface area (TPSA) is 74.7 Å². The minimum absolute atomic E-state index is 0.514. The molecule has 0 aliphatic rings. The van der Waals surface area contributed by atoms with Gasteiger partial charge < -0.3 is 20.1 Å². The molecule has 1 heterocycles. The molecule has 2 aromatic rings. The van der Waals surface area contributed by atoms with E-state index in [0.717, 1.165) is 29.6 Å². The monoisotopic (exact) mass is 337 g/mol. The van der Waals surface area contributed by atoms with Crippen LogP contribution in [0, 0.1) is 0 Å². The molecule has 1 amide bonds. The third kappa shape index (κ3) is 5.26. The number of nitrogens with zero attached hydrogens (tertiary/aromatic N) is 2. The highest BCUT2D eigenvalue weighted by atomic mass is 35.5. The first-order valence-electron chi connectivity index (χ1n) is 7.40. The molecule has 1 aromatic heterocycles. The van der Waals surface area contributed by atoms with Gasteiger partial charge in [0.15, 0.2) is 0 Å². The Hall–Kier alpha value is -2.05. The van der Waals surface area contributed by atoms with E-state index in [-0.39, 0.29) is 0 Å². The van der Waals surface area contributed by atoms with E-state index >= 15 is 0 Å². The fourth-order valence-electron chi connectivity index (χ4n) is 2.09. The molecule has 6 nitrogen and oxygen atoms in total. The summed E-state index contributed by atoms with van der Waals surface area (Å²) < 4.78 is 5.67. The maximum Gasteiger partial charge on any atom is 0.407 e. The molecule has 124 valence electrons. The van der Waals surface area contributed by atoms with Crippen molar-refractivity contribution in [2.75, 3.05) is 33.3 Å². The fourth-order valence-corrected chi connectivity index (χ4v) is 2.30. The Balaban J connectivity index is 1.68. The Labute approximate surface area is 140 Å². The Morgan fingerprint density at radius 3 is 3.00 bits per heavy atom. The average Bonchev–Trinajstić information content (AvgIpc) is 2.53. The van der Waals surface area contributed by atoms with Gasteiger partial charge in [-0.05, 0) is 31.2 Å². The second-order valence-corrected chi connectivity index (χ2v) is 5.54. The minimum Gasteiger partial charge on any atom is -0.492 e. The Morgan fingerprint density at radius 1 is 1.39 bits per heavy atom. The first-order valence-corrected chi connectivity index (χ1v) is 7.77. The molecule has 0 aliphatic carbocycles. The smallest absolute Gasteiger partial charge is 0.407 e. The predicted molar refractivity (Wildman–Crippen MR) is 90.4 cm³/mol. The number of aromatic nitrogens is 1. The predicted octanol–water partition coefficient (Wildman–Crippen LogP) is 2.86. The highest BCUT2D eigenvalue weighted by Crippen LogP contribution is 2.24. The van der Waals surface area contributed by atoms with E-state index < -0.39 is 6.09 Å². The van der Waals surface area contributed by atoms with Crippen molar-refractivity contribution in [1.29, 1.82) is 0 Å². The third-order valence-corrected chi connectivity index (χ3v) is 3.71. The summed E-state index contributed by atoms with van der Waals surface area (Å²) in [7, 11) is 1.56. The standard InChI is InChI=1S/C16H20ClN3O3/c1-20(16(21)22)9-2-6-18-8-10-23-12-3-4-13-14(17)5-7-19-15(13)11-12/h3-5,7,11,18H,2,6,8-10H2,1H3,(H,21,22). The lowest BCUT2D eigenvalue weighted by Gasteiger charge is -2.13. The highest BCUT2D eigenvalue weighted by molar-refractivity contribution is 6.35. The molecule has 0 unspecified atom stereocenters. The largest absolute Gasteiger partial charge is 0.492 e. The SMILES string of the molecule is CN(CCCNCCOc1ccc2c(Cl)ccnc2c1)C(=O)O. The van der Waals surface area contributed by atoms with Crippen LogP contribution in [0.25, 0.3) is 10.9 Å². The molecule has 0 fully saturated rings. The summed E-state index contributed by atoms with van der Waals surface area (Å²) >= 11 is 6.10. The zero-order chi connectivity index (χ0) is 16.7. The normalized spacial score (nSPS) is 10.7. The molecule has 1 aromatic carbocycles. The number of halogens is 1. The van der Waals surface area contributed by atoms with E-state index in [2.05, 4.69) is 10.3 Å². The third-order valence-electron chi connectivity index (χ3n) is 3.38. The molecule has 0 spiro atoms. The molecule has 0 aliphatic heterocycles. The molecule has 2 N–H and O–H groups in total. The van der Waals surface area contributed by atoms with Gasteiger partial charge in [0.25, 0.3) is 0 Å². The summed E-state index contributed by atoms with van der Waals surface area (Å²) in [4.78, 5) is 16.1. The fraction of sp³-hybridized carbons (Fsp3) is 0.375. The quantitative estimate of drug-likeness (QED) is 0.724. The average molecular weight is 338 g/mol. The van der Waals surface area contributed by atoms with Crippen LogP contribution in [0.2, 0.25) is 5.02 Å². The van der Waals surface area contributed by atoms with Gasteiger partial charge in [-0.15, -0.1) is 0 Å². The van der Waals surface area contributed by atoms with Gasteiger partial charge in [0.05, 0.1) is 10.5 Å². The number of pyridine rings is 1. The number of nitrogens with one attached hydrogen (secondary N) is 1. The molecule has 0 bridgehead atoms. The number of carbonyl (C=O) groups is 1. The Morgan fingerprint density at radius 2 is 2.22 bits per heavy atom. The number of amides is 1. The maximum atomic E-state index is 10.6. The van der Waals surface area contributed by atoms with Gasteiger partial charge >= 0.3 is 6.09 Å². The van der Waals surface area contributed by atoms with Crippen LogP contribution in [0.1, 0.15) is 6.42 Å². The van der Waals surface area contributed by atoms with Crippen LogP contribution in [0.15, 0.2) is 30.5 Å². The molecule has 23 heavy (non-hydrogen) atoms. The molecule has 7 heteroatoms. The first-order chi connectivity index (χ1) is 11.1. The zero-order valence-corrected chi connectivity index (χ0v) is 13.7. The molecular formula is C16H20ClN3O3. The van der Waals surface area contributed by atoms with Crippen molar-refractivity contribution < 1.29 is 14.6 Å². The van der Waals surface area contributed by atoms with Crippen molar-refractivity contribution in [3.63, 3.8) is 0 Å². The summed E-state index contributed by atoms with van der Waals surface area (Å²) in [5, 5.41) is 13.5. The van der Waals surface area contributed by atoms with Crippen molar-refractivity contribution >= 4 is 28.6 Å². The summed E-state index contributed by atoms with van der Waals surface area (Å²) in [6.45, 7) is 2.48. The first kappa shape index (κ1) is 17.3. The van der Waals surface area contributed by atoms with Crippen LogP contribution in [-0.4, -0.2) is 54.4 Å². The van der Waals surface area contributed by atoms with Crippen molar-refractivity contribution in [1.82, 2.24) is 15.2 Å². The molecule has 0 radical (unpaired) electrons. The number of hydrogen-bond acceptors (Lipinski definition) is 4. The van der Waals surface area contributed by atoms with Crippen molar-refractivity contribution in [2.24, 2.45) is 0 Å². The van der Waals surface area contributed by atoms with Gasteiger partial charge in [0.2, 0.25) is 0 Å². The number of benzene rings is 1. The minimum atomic E-state index is -0.904. The Kier molecular flexibility index (Phi) is 6.43. The highest BCUT2D eigenvalue weighted by Gasteiger charge is 2.04. The van der Waals surface area contributed by atoms with E-state index in [9.17, 15) is 4.79 Å². The molecule has 0 saturated carbocycles. The number of ether oxygens (including phenoxy) is 1. The molecule has 0 atom stereocenters. The Bertz CT molecular complexity index is 666. The van der Waals surface area contributed by atoms with Gasteiger partial charge in [-0.3, -0.25) is 4.98 Å². The lowest BCUT2D eigenvalue weighted by Crippen LogP contribution is -2.29. The van der Waals surface area contributed by atoms with E-state index in [0.29, 0.717) is 24.7 Å². The van der Waals surface area contributed by atoms with Crippen LogP contribution in [-0.2, 0) is 0 Å². The summed E-state index contributed by atoms with van der Waals surface area (Å²) in [6.07, 6.45) is 1.53. The summed E-state index contributed by atoms with van der Waals surface area (Å²) in [5.74, 6) is 0.750. The van der Waals surface area contributed by atoms with Gasteiger partial charge in [0.1, 0.15) is 12.4 Å². The lowest BCUT2D eigenvalue weighted by atomic mass is 10.2. The number of rotatable bonds is 8. The van der Waals surface area contributed by atoms with E-state index in [1.165, 1.54) is 4.90 Å². The maximum absolute atomic E-state index is 10.6. The van der Waals surface area contributed by atoms with Gasteiger partial charge in [-0.25, -0.2) is 4.79 Å². The lowest BCUT2D eigenvalue weighted by molar-refractivity contribution is 0.155. The molecule has 2 rings (SSSR count). The van der Waals surface area contributed by atoms with Crippen molar-refractivity contribution in [3.05, 3.63) is 35.5 Å². The second kappa shape index (κ2) is 8.55. The van der Waals surface area contributed by atoms with E-state index in [1.807, 2.05) is 18.2 Å². The van der Waals surface area contributed by atoms with Crippen molar-refractivity contribution in [2.45, 2.75) is 6.42 Å². The van der Waals surface area contributed by atoms with Gasteiger partial charge in [-0.1, -0.05) is 11.6 Å². The number of hydrogen-bond donors (Lipinski definition) is 2. The van der Waals surface area contributed by atoms with Crippen LogP contribution < -0.4 is 10.1 Å². The van der Waals surface area contributed by atoms with Crippen LogP contribution in [0.4, 0.5) is 4.79 Å². The summed E-state index contributed by atoms with van der Waals surface area (Å²) in [5.41, 5.74) is 0.805. The van der Waals surface area contributed by atoms with Crippen LogP contribution in [0.5, 0.6) is 5.75 Å². The van der Waals surface area contributed by atoms with E-state index in [4.69, 9.17) is 21.4 Å². The summed E-state index contributed by atoms with van der Waals surface area (Å²) in [6, 6.07) is 7.39. The number of carboxylic acid groups (broad SMARTS) is 1. The molecule has 0 saturated heterocycles. The van der Waals surface area contributed by atoms with E-state index in [1.54, 1.807) is 19.3 Å². The van der Waals surface area contributed by atoms with Crippen LogP contribution >= 0.6 is 11.6 Å². The second-order valence-electron chi connectivity index (χ2n) is 5.13. The van der Waals surface area contributed by atoms with Crippen LogP contribution in [0.3, 0.4) is 0 Å². The van der Waals surface area contributed by atoms with Crippen molar-refractivity contribution in [3.8, 4) is 5.75 Å². The zero-order valence-electron chi connectivity index (χ0n) is 13.0. The molecular weight excluding hydrogens is 318 g/mol. The number of fused-ring (bicyclic) bond motifs is 1. The van der Waals surface area contributed by atoms with Gasteiger partial charge in [0, 0.05) is 37.8 Å².